The minimum Gasteiger partial charge on any atom is -0.475 e. The third kappa shape index (κ3) is 8.94. The average molecular weight is 630 g/mol. The fraction of sp³-hybridized carbons (Fsp3) is 0.357. The van der Waals surface area contributed by atoms with Crippen molar-refractivity contribution in [1.29, 1.82) is 0 Å². The van der Waals surface area contributed by atoms with E-state index in [1.165, 1.54) is 11.1 Å². The molecule has 1 aliphatic rings. The van der Waals surface area contributed by atoms with E-state index in [-0.39, 0.29) is 19.7 Å². The van der Waals surface area contributed by atoms with Crippen molar-refractivity contribution in [3.8, 4) is 47.4 Å². The Hall–Kier alpha value is -4.24. The van der Waals surface area contributed by atoms with E-state index in [4.69, 9.17) is 14.3 Å². The molecule has 3 aromatic rings. The lowest BCUT2D eigenvalue weighted by Crippen LogP contribution is -2.45. The summed E-state index contributed by atoms with van der Waals surface area (Å²) in [6.45, 7) is 17.4. The third-order valence-corrected chi connectivity index (χ3v) is 9.83. The Morgan fingerprint density at radius 3 is 1.65 bits per heavy atom. The van der Waals surface area contributed by atoms with Gasteiger partial charge >= 0.3 is 0 Å². The van der Waals surface area contributed by atoms with Gasteiger partial charge in [-0.3, -0.25) is 0 Å². The molecule has 0 bridgehead atoms. The lowest BCUT2D eigenvalue weighted by atomic mass is 9.79. The summed E-state index contributed by atoms with van der Waals surface area (Å²) in [5, 5.41) is 2.21. The normalized spacial score (nSPS) is 14.3. The first-order valence-corrected chi connectivity index (χ1v) is 17.0. The van der Waals surface area contributed by atoms with E-state index in [1.54, 1.807) is 13.8 Å². The number of nitrogens with zero attached hydrogens (tertiary/aromatic N) is 1. The van der Waals surface area contributed by atoms with Crippen LogP contribution in [0, 0.1) is 47.4 Å². The van der Waals surface area contributed by atoms with Gasteiger partial charge in [0.2, 0.25) is 5.90 Å². The van der Waals surface area contributed by atoms with Gasteiger partial charge in [-0.05, 0) is 71.6 Å². The largest absolute Gasteiger partial charge is 0.475 e. The van der Waals surface area contributed by atoms with Gasteiger partial charge in [0.05, 0.1) is 8.15 Å². The molecule has 0 spiro atoms. The molecule has 3 aromatic carbocycles. The fourth-order valence-corrected chi connectivity index (χ4v) is 7.02. The summed E-state index contributed by atoms with van der Waals surface area (Å²) in [4.78, 5) is 5.29. The molecule has 1 heterocycles. The Balaban J connectivity index is 0.00000400. The smallest absolute Gasteiger partial charge is 0.216 e. The Bertz CT molecular complexity index is 1680. The second kappa shape index (κ2) is 15.4. The monoisotopic (exact) mass is 629 g/mol. The molecular weight excluding hydrogens is 581 g/mol. The van der Waals surface area contributed by atoms with Gasteiger partial charge in [0.25, 0.3) is 0 Å². The maximum absolute atomic E-state index is 7.37. The standard InChI is InChI=1S/C42H44NO2P.2H2/c1-9-11-13-21-27-42(28-22-14-12-10-2,45-46(36-23-17-15-18-24-36)37-25-19-16-20-26-37)38-32-44-39(43-38)33-29-34(40(3,4)5)31-35(30-33)41(6,7)8;;/h15-20,23-26,29-31,38H,27-28,32H2,1-8H3;2*1H/t38-;;/m0../s1. The van der Waals surface area contributed by atoms with E-state index >= 15 is 0 Å². The Labute approximate surface area is 281 Å². The zero-order valence-corrected chi connectivity index (χ0v) is 29.3. The molecule has 0 saturated carbocycles. The van der Waals surface area contributed by atoms with Crippen LogP contribution in [0.15, 0.2) is 83.9 Å². The van der Waals surface area contributed by atoms with Gasteiger partial charge in [-0.2, -0.15) is 0 Å². The summed E-state index contributed by atoms with van der Waals surface area (Å²) in [5.41, 5.74) is 2.52. The summed E-state index contributed by atoms with van der Waals surface area (Å²) in [5.74, 6) is 24.8. The van der Waals surface area contributed by atoms with Crippen LogP contribution in [0.4, 0.5) is 0 Å². The minimum atomic E-state index is -1.25. The van der Waals surface area contributed by atoms with Crippen molar-refractivity contribution < 1.29 is 12.1 Å². The molecule has 1 aliphatic heterocycles. The van der Waals surface area contributed by atoms with Gasteiger partial charge < -0.3 is 9.26 Å². The van der Waals surface area contributed by atoms with Crippen molar-refractivity contribution in [3.63, 3.8) is 0 Å². The molecular formula is C42H48NO2P. The minimum absolute atomic E-state index is 0. The van der Waals surface area contributed by atoms with Crippen LogP contribution in [0.3, 0.4) is 0 Å². The molecule has 0 amide bonds. The SMILES string of the molecule is CC#CC#CCC(CC#CC#CC)(OP(c1ccccc1)c1ccccc1)[C@@H]1COC(c2cc(C(C)(C)C)cc(C(C)(C)C)c2)=N1.[HH].[HH]. The summed E-state index contributed by atoms with van der Waals surface area (Å²) >= 11 is 0. The highest BCUT2D eigenvalue weighted by atomic mass is 31.1. The predicted octanol–water partition coefficient (Wildman–Crippen LogP) is 8.56. The van der Waals surface area contributed by atoms with E-state index in [2.05, 4.69) is 156 Å². The van der Waals surface area contributed by atoms with Gasteiger partial charge in [0.15, 0.2) is 0 Å². The van der Waals surface area contributed by atoms with Crippen molar-refractivity contribution in [1.82, 2.24) is 0 Å². The molecule has 4 rings (SSSR count). The molecule has 0 fully saturated rings. The second-order valence-corrected chi connectivity index (χ2v) is 15.2. The highest BCUT2D eigenvalue weighted by Gasteiger charge is 2.45. The lowest BCUT2D eigenvalue weighted by Gasteiger charge is -2.37. The van der Waals surface area contributed by atoms with Crippen LogP contribution in [0.25, 0.3) is 0 Å². The molecule has 0 aromatic heterocycles. The summed E-state index contributed by atoms with van der Waals surface area (Å²) < 4.78 is 13.8. The number of benzene rings is 3. The molecule has 0 N–H and O–H groups in total. The highest BCUT2D eigenvalue weighted by Crippen LogP contribution is 2.45. The van der Waals surface area contributed by atoms with E-state index < -0.39 is 13.7 Å². The Morgan fingerprint density at radius 1 is 0.739 bits per heavy atom. The van der Waals surface area contributed by atoms with E-state index in [0.29, 0.717) is 25.3 Å². The van der Waals surface area contributed by atoms with Crippen molar-refractivity contribution in [2.45, 2.75) is 90.7 Å². The first kappa shape index (κ1) is 34.6. The molecule has 0 saturated heterocycles. The average Bonchev–Trinajstić information content (AvgIpc) is 3.55. The van der Waals surface area contributed by atoms with Crippen LogP contribution in [0.1, 0.15) is 87.8 Å². The number of rotatable bonds is 8. The van der Waals surface area contributed by atoms with Crippen LogP contribution in [0.5, 0.6) is 0 Å². The first-order chi connectivity index (χ1) is 22.0. The van der Waals surface area contributed by atoms with Crippen molar-refractivity contribution in [2.24, 2.45) is 4.99 Å². The van der Waals surface area contributed by atoms with Gasteiger partial charge in [0.1, 0.15) is 18.2 Å². The van der Waals surface area contributed by atoms with Crippen LogP contribution < -0.4 is 10.6 Å². The molecule has 0 unspecified atom stereocenters. The zero-order chi connectivity index (χ0) is 33.2. The van der Waals surface area contributed by atoms with Gasteiger partial charge in [0, 0.05) is 31.9 Å². The molecule has 3 nitrogen and oxygen atoms in total. The Kier molecular flexibility index (Phi) is 11.6. The van der Waals surface area contributed by atoms with Crippen molar-refractivity contribution >= 4 is 24.7 Å². The maximum atomic E-state index is 7.37. The number of aliphatic imine (C=N–C) groups is 1. The molecule has 1 atom stereocenters. The number of hydrogen-bond donors (Lipinski definition) is 0. The van der Waals surface area contributed by atoms with Gasteiger partial charge in [-0.1, -0.05) is 132 Å². The van der Waals surface area contributed by atoms with E-state index in [9.17, 15) is 0 Å². The number of ether oxygens (including phenoxy) is 1. The third-order valence-electron chi connectivity index (χ3n) is 7.75. The zero-order valence-electron chi connectivity index (χ0n) is 28.4. The molecule has 0 aliphatic carbocycles. The quantitative estimate of drug-likeness (QED) is 0.185. The topological polar surface area (TPSA) is 30.8 Å². The van der Waals surface area contributed by atoms with Crippen molar-refractivity contribution in [3.05, 3.63) is 95.6 Å². The maximum Gasteiger partial charge on any atom is 0.216 e. The second-order valence-electron chi connectivity index (χ2n) is 13.4. The molecule has 238 valence electrons. The first-order valence-electron chi connectivity index (χ1n) is 15.7. The van der Waals surface area contributed by atoms with E-state index in [1.807, 2.05) is 12.1 Å². The summed E-state index contributed by atoms with van der Waals surface area (Å²) in [6, 6.07) is 27.1. The van der Waals surface area contributed by atoms with E-state index in [0.717, 1.165) is 16.2 Å². The molecule has 4 heteroatoms. The fourth-order valence-electron chi connectivity index (χ4n) is 5.01. The number of hydrogen-bond acceptors (Lipinski definition) is 3. The van der Waals surface area contributed by atoms with Crippen LogP contribution >= 0.6 is 8.15 Å². The highest BCUT2D eigenvalue weighted by molar-refractivity contribution is 7.68. The van der Waals surface area contributed by atoms with Crippen molar-refractivity contribution in [2.75, 3.05) is 6.61 Å². The summed E-state index contributed by atoms with van der Waals surface area (Å²) in [6.07, 6.45) is 0.767. The predicted molar refractivity (Wildman–Crippen MR) is 199 cm³/mol. The lowest BCUT2D eigenvalue weighted by molar-refractivity contribution is 0.0579. The Morgan fingerprint density at radius 2 is 1.22 bits per heavy atom. The van der Waals surface area contributed by atoms with Crippen LogP contribution in [-0.4, -0.2) is 24.1 Å². The van der Waals surface area contributed by atoms with Gasteiger partial charge in [-0.15, -0.1) is 0 Å². The summed E-state index contributed by atoms with van der Waals surface area (Å²) in [7, 11) is -1.25. The molecule has 46 heavy (non-hydrogen) atoms. The van der Waals surface area contributed by atoms with Gasteiger partial charge in [-0.25, -0.2) is 4.99 Å². The van der Waals surface area contributed by atoms with Crippen LogP contribution in [-0.2, 0) is 20.1 Å². The molecule has 0 radical (unpaired) electrons. The van der Waals surface area contributed by atoms with Crippen LogP contribution in [0.2, 0.25) is 0 Å².